The lowest BCUT2D eigenvalue weighted by Crippen LogP contribution is -2.63. The summed E-state index contributed by atoms with van der Waals surface area (Å²) in [5.41, 5.74) is -4.37. The van der Waals surface area contributed by atoms with Crippen LogP contribution in [-0.2, 0) is 25.2 Å². The molecule has 1 unspecified atom stereocenters. The van der Waals surface area contributed by atoms with Crippen molar-refractivity contribution in [3.63, 3.8) is 0 Å². The van der Waals surface area contributed by atoms with E-state index in [-0.39, 0.29) is 18.0 Å². The smallest absolute Gasteiger partial charge is 0.417 e. The van der Waals surface area contributed by atoms with Crippen LogP contribution in [0.5, 0.6) is 5.75 Å². The van der Waals surface area contributed by atoms with Gasteiger partial charge in [-0.25, -0.2) is 4.79 Å². The first-order chi connectivity index (χ1) is 18.4. The molecule has 40 heavy (non-hydrogen) atoms. The predicted molar refractivity (Wildman–Crippen MR) is 137 cm³/mol. The summed E-state index contributed by atoms with van der Waals surface area (Å²) in [6.07, 6.45) is -6.11. The van der Waals surface area contributed by atoms with Crippen molar-refractivity contribution in [3.8, 4) is 5.75 Å². The molecule has 0 radical (unpaired) electrons. The molecule has 0 spiro atoms. The topological polar surface area (TPSA) is 107 Å². The van der Waals surface area contributed by atoms with E-state index in [1.165, 1.54) is 16.7 Å². The molecule has 3 aliphatic heterocycles. The Morgan fingerprint density at radius 1 is 1.20 bits per heavy atom. The number of fused-ring (bicyclic) bond motifs is 1. The van der Waals surface area contributed by atoms with Crippen LogP contribution in [0.25, 0.3) is 0 Å². The number of piperidine rings is 1. The summed E-state index contributed by atoms with van der Waals surface area (Å²) in [7, 11) is 0. The van der Waals surface area contributed by atoms with Crippen molar-refractivity contribution in [2.24, 2.45) is 0 Å². The van der Waals surface area contributed by atoms with Gasteiger partial charge >= 0.3 is 12.3 Å². The van der Waals surface area contributed by atoms with Crippen molar-refractivity contribution < 1.29 is 46.5 Å². The highest BCUT2D eigenvalue weighted by Gasteiger charge is 2.54. The molecule has 13 heteroatoms. The molecule has 1 aromatic carbocycles. The van der Waals surface area contributed by atoms with Gasteiger partial charge in [0.15, 0.2) is 6.29 Å². The Balaban J connectivity index is 1.66. The first-order valence-electron chi connectivity index (χ1n) is 13.3. The quantitative estimate of drug-likeness (QED) is 0.555. The molecule has 3 aliphatic rings. The highest BCUT2D eigenvalue weighted by molar-refractivity contribution is 6.04. The number of hydrogen-bond acceptors (Lipinski definition) is 7. The van der Waals surface area contributed by atoms with E-state index in [2.05, 4.69) is 5.32 Å². The molecule has 3 heterocycles. The molecular formula is C27H36F3N3O7. The highest BCUT2D eigenvalue weighted by atomic mass is 19.4. The zero-order valence-corrected chi connectivity index (χ0v) is 23.7. The van der Waals surface area contributed by atoms with Gasteiger partial charge < -0.3 is 34.1 Å². The molecule has 3 amide bonds. The third-order valence-electron chi connectivity index (χ3n) is 6.99. The van der Waals surface area contributed by atoms with Gasteiger partial charge in [0.2, 0.25) is 11.9 Å². The van der Waals surface area contributed by atoms with Crippen LogP contribution in [0.4, 0.5) is 23.7 Å². The van der Waals surface area contributed by atoms with E-state index in [1.807, 2.05) is 0 Å². The van der Waals surface area contributed by atoms with Gasteiger partial charge in [-0.05, 0) is 73.4 Å². The van der Waals surface area contributed by atoms with E-state index in [0.717, 1.165) is 6.07 Å². The normalized spacial score (nSPS) is 26.8. The van der Waals surface area contributed by atoms with E-state index in [9.17, 15) is 27.6 Å². The second-order valence-electron chi connectivity index (χ2n) is 11.8. The molecule has 10 nitrogen and oxygen atoms in total. The van der Waals surface area contributed by atoms with Crippen LogP contribution in [0.2, 0.25) is 0 Å². The number of nitrogens with zero attached hydrogens (tertiary/aromatic N) is 2. The summed E-state index contributed by atoms with van der Waals surface area (Å²) in [5.74, 6) is -1.82. The third-order valence-corrected chi connectivity index (χ3v) is 6.99. The fraction of sp³-hybridized carbons (Fsp3) is 0.667. The molecule has 2 saturated heterocycles. The Morgan fingerprint density at radius 3 is 2.40 bits per heavy atom. The Hall–Kier alpha value is -3.06. The van der Waals surface area contributed by atoms with Crippen LogP contribution < -0.4 is 10.1 Å². The van der Waals surface area contributed by atoms with Gasteiger partial charge in [-0.3, -0.25) is 9.59 Å². The molecule has 0 aromatic heterocycles. The minimum absolute atomic E-state index is 0.0751. The summed E-state index contributed by atoms with van der Waals surface area (Å²) >= 11 is 0. The van der Waals surface area contributed by atoms with Crippen molar-refractivity contribution in [2.75, 3.05) is 18.4 Å². The van der Waals surface area contributed by atoms with Crippen LogP contribution in [0.15, 0.2) is 12.1 Å². The summed E-state index contributed by atoms with van der Waals surface area (Å²) < 4.78 is 64.9. The number of halogens is 3. The van der Waals surface area contributed by atoms with E-state index in [0.29, 0.717) is 25.5 Å². The molecule has 4 rings (SSSR count). The SMILES string of the molecule is CC1OC(C2(C)Oc3cc(C(F)(F)F)c(C(=O)N(C(C)C)[C@@H]4CCCN(C(=O)OC(C)(C)C)C4)cc3NC2=O)O1. The molecule has 2 atom stereocenters. The van der Waals surface area contributed by atoms with E-state index in [4.69, 9.17) is 18.9 Å². The molecule has 0 aliphatic carbocycles. The average molecular weight is 572 g/mol. The Bertz CT molecular complexity index is 1180. The largest absolute Gasteiger partial charge is 0.470 e. The number of nitrogens with one attached hydrogen (secondary N) is 1. The lowest BCUT2D eigenvalue weighted by Gasteiger charge is -2.46. The first kappa shape index (κ1) is 29.9. The zero-order valence-electron chi connectivity index (χ0n) is 23.7. The molecule has 0 bridgehead atoms. The minimum atomic E-state index is -4.91. The Morgan fingerprint density at radius 2 is 1.85 bits per heavy atom. The maximum Gasteiger partial charge on any atom is 0.417 e. The maximum atomic E-state index is 14.3. The minimum Gasteiger partial charge on any atom is -0.470 e. The Labute approximate surface area is 231 Å². The number of benzene rings is 1. The van der Waals surface area contributed by atoms with Crippen LogP contribution in [0, 0.1) is 0 Å². The molecule has 1 aromatic rings. The van der Waals surface area contributed by atoms with Crippen molar-refractivity contribution in [1.82, 2.24) is 9.80 Å². The average Bonchev–Trinajstić information content (AvgIpc) is 2.80. The number of carbonyl (C=O) groups excluding carboxylic acids is 3. The number of hydrogen-bond donors (Lipinski definition) is 1. The number of likely N-dealkylation sites (tertiary alicyclic amines) is 1. The van der Waals surface area contributed by atoms with Crippen molar-refractivity contribution in [1.29, 1.82) is 0 Å². The molecule has 222 valence electrons. The summed E-state index contributed by atoms with van der Waals surface area (Å²) in [6, 6.07) is 0.675. The maximum absolute atomic E-state index is 14.3. The van der Waals surface area contributed by atoms with Crippen LogP contribution in [0.1, 0.15) is 77.2 Å². The van der Waals surface area contributed by atoms with E-state index < -0.39 is 71.1 Å². The van der Waals surface area contributed by atoms with Gasteiger partial charge in [0.05, 0.1) is 22.9 Å². The van der Waals surface area contributed by atoms with Gasteiger partial charge in [0.1, 0.15) is 11.4 Å². The van der Waals surface area contributed by atoms with Crippen LogP contribution in [-0.4, -0.2) is 76.7 Å². The van der Waals surface area contributed by atoms with Gasteiger partial charge in [-0.2, -0.15) is 13.2 Å². The summed E-state index contributed by atoms with van der Waals surface area (Å²) in [5, 5.41) is 2.55. The lowest BCUT2D eigenvalue weighted by molar-refractivity contribution is -0.406. The first-order valence-corrected chi connectivity index (χ1v) is 13.3. The number of alkyl halides is 3. The van der Waals surface area contributed by atoms with E-state index in [1.54, 1.807) is 41.5 Å². The number of ether oxygens (including phenoxy) is 4. The molecular weight excluding hydrogens is 535 g/mol. The fourth-order valence-electron chi connectivity index (χ4n) is 5.10. The van der Waals surface area contributed by atoms with Gasteiger partial charge in [0, 0.05) is 19.1 Å². The summed E-state index contributed by atoms with van der Waals surface area (Å²) in [4.78, 5) is 42.3. The fourth-order valence-corrected chi connectivity index (χ4v) is 5.10. The van der Waals surface area contributed by atoms with E-state index >= 15 is 0 Å². The number of carbonyl (C=O) groups is 3. The standard InChI is InChI=1S/C27H36F3N3O7/c1-14(2)33(16-9-8-10-32(13-16)24(36)40-25(4,5)6)21(34)17-11-19-20(12-18(17)27(28,29)30)39-26(7,22(35)31-19)23-37-15(3)38-23/h11-12,14-16,23H,8-10,13H2,1-7H3,(H,31,35)/t15?,16-,23?,26?/m1/s1. The third kappa shape index (κ3) is 5.85. The van der Waals surface area contributed by atoms with Crippen LogP contribution >= 0.6 is 0 Å². The summed E-state index contributed by atoms with van der Waals surface area (Å²) in [6.45, 7) is 12.1. The van der Waals surface area contributed by atoms with Crippen molar-refractivity contribution in [3.05, 3.63) is 23.3 Å². The lowest BCUT2D eigenvalue weighted by atomic mass is 9.96. The molecule has 0 saturated carbocycles. The second-order valence-corrected chi connectivity index (χ2v) is 11.8. The monoisotopic (exact) mass is 571 g/mol. The van der Waals surface area contributed by atoms with Crippen molar-refractivity contribution in [2.45, 2.75) is 103 Å². The number of anilines is 1. The van der Waals surface area contributed by atoms with Gasteiger partial charge in [-0.1, -0.05) is 0 Å². The van der Waals surface area contributed by atoms with Crippen molar-refractivity contribution >= 4 is 23.6 Å². The molecule has 2 fully saturated rings. The highest BCUT2D eigenvalue weighted by Crippen LogP contribution is 2.44. The van der Waals surface area contributed by atoms with Gasteiger partial charge in [-0.15, -0.1) is 0 Å². The predicted octanol–water partition coefficient (Wildman–Crippen LogP) is 4.76. The van der Waals surface area contributed by atoms with Crippen LogP contribution in [0.3, 0.4) is 0 Å². The zero-order chi connectivity index (χ0) is 29.8. The number of amides is 3. The van der Waals surface area contributed by atoms with Gasteiger partial charge in [0.25, 0.3) is 11.8 Å². The Kier molecular flexibility index (Phi) is 7.78. The number of rotatable bonds is 4. The molecule has 1 N–H and O–H groups in total. The second kappa shape index (κ2) is 10.4.